The molecule has 198 valence electrons. The summed E-state index contributed by atoms with van der Waals surface area (Å²) in [6.07, 6.45) is 15.7. The second-order valence-electron chi connectivity index (χ2n) is 7.33. The van der Waals surface area contributed by atoms with Crippen LogP contribution in [0.5, 0.6) is 0 Å². The van der Waals surface area contributed by atoms with Crippen molar-refractivity contribution in [3.8, 4) is 0 Å². The van der Waals surface area contributed by atoms with E-state index in [0.717, 1.165) is 12.8 Å². The summed E-state index contributed by atoms with van der Waals surface area (Å²) in [5, 5.41) is 0. The maximum Gasteiger partial charge on any atom is 1.00 e. The van der Waals surface area contributed by atoms with Gasteiger partial charge in [-0.25, -0.2) is 0 Å². The average molecular weight is 589 g/mol. The van der Waals surface area contributed by atoms with Crippen LogP contribution in [-0.2, 0) is 23.6 Å². The molecule has 37 heavy (non-hydrogen) atoms. The van der Waals surface area contributed by atoms with Gasteiger partial charge in [0.15, 0.2) is 0 Å². The van der Waals surface area contributed by atoms with Crippen LogP contribution in [0.2, 0.25) is 0 Å². The van der Waals surface area contributed by atoms with Crippen LogP contribution >= 0.6 is 7.82 Å². The largest absolute Gasteiger partial charge is 1.00 e. The van der Waals surface area contributed by atoms with Gasteiger partial charge in [-0.15, -0.1) is 13.2 Å². The van der Waals surface area contributed by atoms with Gasteiger partial charge >= 0.3 is 88.7 Å². The van der Waals surface area contributed by atoms with Crippen molar-refractivity contribution in [2.45, 2.75) is 76.0 Å². The molecule has 0 fully saturated rings. The van der Waals surface area contributed by atoms with Crippen molar-refractivity contribution < 1.29 is 125 Å². The molecule has 0 heterocycles. The summed E-state index contributed by atoms with van der Waals surface area (Å²) >= 11 is 0. The van der Waals surface area contributed by atoms with Gasteiger partial charge in [0.2, 0.25) is 0 Å². The van der Waals surface area contributed by atoms with E-state index >= 15 is 0 Å². The molecule has 1 rings (SSSR count). The number of unbranched alkanes of at least 4 members (excludes halogenated alkanes) is 9. The van der Waals surface area contributed by atoms with Gasteiger partial charge in [-0.1, -0.05) is 95.1 Å². The van der Waals surface area contributed by atoms with E-state index in [9.17, 15) is 8.42 Å². The standard InChI is InChI=1S/C18H30O3S.C6H10O.3Na.H3O4P/c1-2-3-4-5-6-7-8-9-10-14-17-21-22(19,20)18-15-12-11-13-16-18;1-3-5-7-6-4-2;;;;1-5(2,3)4/h11-13,15-16H,2-10,14,17H2,1H3;3-4H,1-2,5-6H2;;;;(H3,1,2,3,4)/q;;3*+1;/p-3. The first kappa shape index (κ1) is 48.4. The predicted octanol–water partition coefficient (Wildman–Crippen LogP) is -5.12. The molecule has 0 spiro atoms. The first-order chi connectivity index (χ1) is 16.1. The molecule has 0 radical (unpaired) electrons. The molecule has 0 aliphatic rings. The van der Waals surface area contributed by atoms with E-state index in [0.29, 0.717) is 13.2 Å². The third-order valence-corrected chi connectivity index (χ3v) is 5.57. The van der Waals surface area contributed by atoms with Crippen LogP contribution in [0.1, 0.15) is 71.1 Å². The Bertz CT molecular complexity index is 746. The summed E-state index contributed by atoms with van der Waals surface area (Å²) in [5.41, 5.74) is 0. The molecule has 13 heteroatoms. The molecular weight excluding hydrogens is 548 g/mol. The number of ether oxygens (including phenoxy) is 1. The van der Waals surface area contributed by atoms with Gasteiger partial charge < -0.3 is 24.0 Å². The first-order valence-electron chi connectivity index (χ1n) is 11.6. The smallest absolute Gasteiger partial charge is 0.822 e. The first-order valence-corrected chi connectivity index (χ1v) is 14.4. The van der Waals surface area contributed by atoms with Gasteiger partial charge in [0.05, 0.1) is 24.7 Å². The van der Waals surface area contributed by atoms with Crippen LogP contribution in [0.25, 0.3) is 0 Å². The minimum Gasteiger partial charge on any atom is -0.822 e. The van der Waals surface area contributed by atoms with Crippen molar-refractivity contribution in [2.24, 2.45) is 0 Å². The molecule has 0 aliphatic carbocycles. The van der Waals surface area contributed by atoms with E-state index in [1.54, 1.807) is 42.5 Å². The second kappa shape index (κ2) is 33.9. The molecule has 0 aliphatic heterocycles. The molecule has 0 saturated heterocycles. The molecule has 1 aromatic rings. The van der Waals surface area contributed by atoms with E-state index in [4.69, 9.17) is 28.2 Å². The third-order valence-electron chi connectivity index (χ3n) is 4.24. The summed E-state index contributed by atoms with van der Waals surface area (Å²) in [6.45, 7) is 10.7. The summed E-state index contributed by atoms with van der Waals surface area (Å²) in [4.78, 5) is 25.9. The molecule has 0 N–H and O–H groups in total. The number of hydrogen-bond donors (Lipinski definition) is 0. The van der Waals surface area contributed by atoms with Crippen molar-refractivity contribution in [1.82, 2.24) is 0 Å². The normalized spacial score (nSPS) is 10.1. The van der Waals surface area contributed by atoms with Crippen molar-refractivity contribution in [3.05, 3.63) is 55.6 Å². The summed E-state index contributed by atoms with van der Waals surface area (Å²) in [7, 11) is -8.96. The van der Waals surface area contributed by atoms with Crippen LogP contribution in [0.15, 0.2) is 60.5 Å². The molecule has 0 amide bonds. The Morgan fingerprint density at radius 2 is 1.16 bits per heavy atom. The Morgan fingerprint density at radius 1 is 0.784 bits per heavy atom. The topological polar surface area (TPSA) is 139 Å². The van der Waals surface area contributed by atoms with Gasteiger partial charge in [0.1, 0.15) is 0 Å². The maximum absolute atomic E-state index is 11.9. The Balaban J connectivity index is -0.000000191. The molecule has 0 saturated carbocycles. The zero-order valence-electron chi connectivity index (χ0n) is 23.3. The van der Waals surface area contributed by atoms with Crippen LogP contribution in [-0.4, -0.2) is 28.2 Å². The molecule has 1 aromatic carbocycles. The zero-order valence-corrected chi connectivity index (χ0v) is 31.0. The summed E-state index contributed by atoms with van der Waals surface area (Å²) < 4.78 is 42.2. The number of benzene rings is 1. The Labute approximate surface area is 291 Å². The molecule has 0 unspecified atom stereocenters. The van der Waals surface area contributed by atoms with E-state index < -0.39 is 17.9 Å². The van der Waals surface area contributed by atoms with Gasteiger partial charge in [-0.2, -0.15) is 16.2 Å². The summed E-state index contributed by atoms with van der Waals surface area (Å²) in [6, 6.07) is 8.33. The monoisotopic (exact) mass is 588 g/mol. The van der Waals surface area contributed by atoms with Crippen LogP contribution in [0.3, 0.4) is 0 Å². The minimum atomic E-state index is -5.39. The van der Waals surface area contributed by atoms with E-state index in [2.05, 4.69) is 20.1 Å². The van der Waals surface area contributed by atoms with Crippen LogP contribution in [0, 0.1) is 0 Å². The van der Waals surface area contributed by atoms with Crippen molar-refractivity contribution in [3.63, 3.8) is 0 Å². The number of rotatable bonds is 17. The van der Waals surface area contributed by atoms with E-state index in [-0.39, 0.29) is 100 Å². The fourth-order valence-corrected chi connectivity index (χ4v) is 3.61. The number of phosphoric acid groups is 1. The van der Waals surface area contributed by atoms with Crippen LogP contribution in [0.4, 0.5) is 0 Å². The van der Waals surface area contributed by atoms with Crippen molar-refractivity contribution >= 4 is 17.9 Å². The van der Waals surface area contributed by atoms with Crippen molar-refractivity contribution in [1.29, 1.82) is 0 Å². The third kappa shape index (κ3) is 42.3. The van der Waals surface area contributed by atoms with Gasteiger partial charge in [-0.05, 0) is 18.6 Å². The van der Waals surface area contributed by atoms with Gasteiger partial charge in [-0.3, -0.25) is 4.18 Å². The summed E-state index contributed by atoms with van der Waals surface area (Å²) in [5.74, 6) is 0. The molecule has 8 nitrogen and oxygen atoms in total. The average Bonchev–Trinajstić information content (AvgIpc) is 2.78. The van der Waals surface area contributed by atoms with Gasteiger partial charge in [0.25, 0.3) is 10.1 Å². The maximum atomic E-state index is 11.9. The van der Waals surface area contributed by atoms with Crippen LogP contribution < -0.4 is 103 Å². The van der Waals surface area contributed by atoms with Gasteiger partial charge in [0, 0.05) is 0 Å². The minimum absolute atomic E-state index is 0. The molecule has 0 atom stereocenters. The SMILES string of the molecule is C=CCOCC=C.CCCCCCCCCCCCOS(=O)(=O)c1ccccc1.O=P([O-])([O-])[O-].[Na+].[Na+].[Na+]. The fourth-order valence-electron chi connectivity index (χ4n) is 2.65. The molecular formula is C24H40Na3O8PS. The predicted molar refractivity (Wildman–Crippen MR) is 130 cm³/mol. The van der Waals surface area contributed by atoms with E-state index in [1.807, 2.05) is 0 Å². The molecule has 0 bridgehead atoms. The van der Waals surface area contributed by atoms with E-state index in [1.165, 1.54) is 51.4 Å². The Kier molecular flexibility index (Phi) is 44.3. The second-order valence-corrected chi connectivity index (χ2v) is 9.84. The Morgan fingerprint density at radius 3 is 1.54 bits per heavy atom. The zero-order chi connectivity index (χ0) is 26.1. The van der Waals surface area contributed by atoms with Crippen molar-refractivity contribution in [2.75, 3.05) is 19.8 Å². The number of hydrogen-bond acceptors (Lipinski definition) is 8. The quantitative estimate of drug-likeness (QED) is 0.0579. The Hall–Kier alpha value is 1.68. The molecule has 0 aromatic heterocycles. The fraction of sp³-hybridized carbons (Fsp3) is 0.583.